The minimum absolute atomic E-state index is 0.212. The van der Waals surface area contributed by atoms with Crippen LogP contribution in [0, 0.1) is 6.92 Å². The molecule has 0 aliphatic carbocycles. The molecule has 0 bridgehead atoms. The Morgan fingerprint density at radius 3 is 2.82 bits per heavy atom. The summed E-state index contributed by atoms with van der Waals surface area (Å²) in [7, 11) is 1.57. The second kappa shape index (κ2) is 4.29. The Morgan fingerprint density at radius 1 is 1.41 bits per heavy atom. The van der Waals surface area contributed by atoms with Gasteiger partial charge in [0.05, 0.1) is 11.4 Å². The van der Waals surface area contributed by atoms with E-state index < -0.39 is 0 Å². The van der Waals surface area contributed by atoms with Gasteiger partial charge in [-0.05, 0) is 24.6 Å². The van der Waals surface area contributed by atoms with E-state index in [0.29, 0.717) is 11.4 Å². The normalized spacial score (nSPS) is 10.2. The molecule has 1 aromatic heterocycles. The topological polar surface area (TPSA) is 72.9 Å². The highest BCUT2D eigenvalue weighted by molar-refractivity contribution is 5.92. The number of benzene rings is 1. The molecule has 5 heteroatoms. The standard InChI is InChI=1S/C12H14N4O/c1-8-4-3-5-9(13)11(8)16-7-6-10(15-16)12(17)14-2/h3-7H,13H2,1-2H3,(H,14,17). The lowest BCUT2D eigenvalue weighted by Gasteiger charge is -2.08. The molecule has 0 atom stereocenters. The Hall–Kier alpha value is -2.30. The van der Waals surface area contributed by atoms with Crippen molar-refractivity contribution in [1.29, 1.82) is 0 Å². The van der Waals surface area contributed by atoms with Gasteiger partial charge in [0.1, 0.15) is 0 Å². The van der Waals surface area contributed by atoms with Crippen molar-refractivity contribution in [3.8, 4) is 5.69 Å². The molecule has 88 valence electrons. The second-order valence-electron chi connectivity index (χ2n) is 3.74. The number of anilines is 1. The number of nitrogens with zero attached hydrogens (tertiary/aromatic N) is 2. The second-order valence-corrected chi connectivity index (χ2v) is 3.74. The molecule has 0 saturated carbocycles. The minimum atomic E-state index is -0.212. The molecule has 2 aromatic rings. The molecule has 0 unspecified atom stereocenters. The number of hydrogen-bond donors (Lipinski definition) is 2. The highest BCUT2D eigenvalue weighted by Crippen LogP contribution is 2.20. The molecule has 2 rings (SSSR count). The van der Waals surface area contributed by atoms with Gasteiger partial charge >= 0.3 is 0 Å². The van der Waals surface area contributed by atoms with Gasteiger partial charge in [-0.3, -0.25) is 4.79 Å². The van der Waals surface area contributed by atoms with Crippen LogP contribution in [0.25, 0.3) is 5.69 Å². The van der Waals surface area contributed by atoms with Crippen LogP contribution in [0.5, 0.6) is 0 Å². The third-order valence-corrected chi connectivity index (χ3v) is 2.55. The lowest BCUT2D eigenvalue weighted by atomic mass is 10.2. The van der Waals surface area contributed by atoms with Crippen molar-refractivity contribution in [3.05, 3.63) is 41.7 Å². The Labute approximate surface area is 99.2 Å². The molecule has 0 saturated heterocycles. The Kier molecular flexibility index (Phi) is 2.82. The van der Waals surface area contributed by atoms with E-state index in [1.807, 2.05) is 25.1 Å². The quantitative estimate of drug-likeness (QED) is 0.759. The number of rotatable bonds is 2. The number of nitrogens with two attached hydrogens (primary N) is 1. The van der Waals surface area contributed by atoms with Crippen molar-refractivity contribution in [2.75, 3.05) is 12.8 Å². The van der Waals surface area contributed by atoms with E-state index in [9.17, 15) is 4.79 Å². The minimum Gasteiger partial charge on any atom is -0.397 e. The van der Waals surface area contributed by atoms with Gasteiger partial charge in [-0.15, -0.1) is 0 Å². The number of aromatic nitrogens is 2. The van der Waals surface area contributed by atoms with E-state index in [1.165, 1.54) is 0 Å². The van der Waals surface area contributed by atoms with Gasteiger partial charge in [0.2, 0.25) is 0 Å². The predicted molar refractivity (Wildman–Crippen MR) is 66.1 cm³/mol. The molecule has 3 N–H and O–H groups in total. The summed E-state index contributed by atoms with van der Waals surface area (Å²) < 4.78 is 1.62. The summed E-state index contributed by atoms with van der Waals surface area (Å²) in [5.41, 5.74) is 8.73. The SMILES string of the molecule is CNC(=O)c1ccn(-c2c(C)cccc2N)n1. The summed E-state index contributed by atoms with van der Waals surface area (Å²) in [5, 5.41) is 6.73. The first kappa shape index (κ1) is 11.2. The predicted octanol–water partition coefficient (Wildman–Crippen LogP) is 1.12. The lowest BCUT2D eigenvalue weighted by Crippen LogP contribution is -2.18. The molecule has 0 fully saturated rings. The van der Waals surface area contributed by atoms with Crippen molar-refractivity contribution in [2.45, 2.75) is 6.92 Å². The maximum absolute atomic E-state index is 11.4. The molecule has 0 spiro atoms. The van der Waals surface area contributed by atoms with E-state index in [4.69, 9.17) is 5.73 Å². The molecule has 0 radical (unpaired) electrons. The number of aryl methyl sites for hydroxylation is 1. The average Bonchev–Trinajstić information content (AvgIpc) is 2.77. The van der Waals surface area contributed by atoms with Crippen LogP contribution in [0.2, 0.25) is 0 Å². The summed E-state index contributed by atoms with van der Waals surface area (Å²) in [6.45, 7) is 1.95. The van der Waals surface area contributed by atoms with Gasteiger partial charge in [-0.2, -0.15) is 5.10 Å². The van der Waals surface area contributed by atoms with Gasteiger partial charge in [0.25, 0.3) is 5.91 Å². The molecular formula is C12H14N4O. The summed E-state index contributed by atoms with van der Waals surface area (Å²) in [5.74, 6) is -0.212. The van der Waals surface area contributed by atoms with Crippen LogP contribution in [-0.4, -0.2) is 22.7 Å². The van der Waals surface area contributed by atoms with Crippen LogP contribution in [0.3, 0.4) is 0 Å². The van der Waals surface area contributed by atoms with E-state index in [0.717, 1.165) is 11.3 Å². The first-order chi connectivity index (χ1) is 8.13. The monoisotopic (exact) mass is 230 g/mol. The molecule has 0 aliphatic rings. The van der Waals surface area contributed by atoms with Crippen LogP contribution >= 0.6 is 0 Å². The molecule has 1 heterocycles. The zero-order chi connectivity index (χ0) is 12.4. The van der Waals surface area contributed by atoms with Crippen molar-refractivity contribution in [1.82, 2.24) is 15.1 Å². The van der Waals surface area contributed by atoms with Crippen LogP contribution in [0.4, 0.5) is 5.69 Å². The summed E-state index contributed by atoms with van der Waals surface area (Å²) >= 11 is 0. The smallest absolute Gasteiger partial charge is 0.271 e. The van der Waals surface area contributed by atoms with Crippen molar-refractivity contribution >= 4 is 11.6 Å². The van der Waals surface area contributed by atoms with Gasteiger partial charge in [-0.25, -0.2) is 4.68 Å². The summed E-state index contributed by atoms with van der Waals surface area (Å²) in [4.78, 5) is 11.4. The molecule has 17 heavy (non-hydrogen) atoms. The number of nitrogens with one attached hydrogen (secondary N) is 1. The summed E-state index contributed by atoms with van der Waals surface area (Å²) in [6, 6.07) is 7.30. The van der Waals surface area contributed by atoms with Crippen LogP contribution < -0.4 is 11.1 Å². The maximum Gasteiger partial charge on any atom is 0.271 e. The van der Waals surface area contributed by atoms with Gasteiger partial charge < -0.3 is 11.1 Å². The van der Waals surface area contributed by atoms with Crippen molar-refractivity contribution in [3.63, 3.8) is 0 Å². The largest absolute Gasteiger partial charge is 0.397 e. The van der Waals surface area contributed by atoms with Crippen LogP contribution in [-0.2, 0) is 0 Å². The van der Waals surface area contributed by atoms with E-state index in [2.05, 4.69) is 10.4 Å². The highest BCUT2D eigenvalue weighted by atomic mass is 16.1. The Bertz CT molecular complexity index is 539. The number of carbonyl (C=O) groups excluding carboxylic acids is 1. The highest BCUT2D eigenvalue weighted by Gasteiger charge is 2.10. The number of carbonyl (C=O) groups is 1. The Morgan fingerprint density at radius 2 is 2.18 bits per heavy atom. The zero-order valence-electron chi connectivity index (χ0n) is 9.77. The third-order valence-electron chi connectivity index (χ3n) is 2.55. The summed E-state index contributed by atoms with van der Waals surface area (Å²) in [6.07, 6.45) is 1.73. The third kappa shape index (κ3) is 1.99. The number of hydrogen-bond acceptors (Lipinski definition) is 3. The van der Waals surface area contributed by atoms with E-state index in [1.54, 1.807) is 24.0 Å². The maximum atomic E-state index is 11.4. The van der Waals surface area contributed by atoms with Gasteiger partial charge in [-0.1, -0.05) is 12.1 Å². The molecular weight excluding hydrogens is 216 g/mol. The number of para-hydroxylation sites is 1. The fourth-order valence-electron chi connectivity index (χ4n) is 1.69. The fourth-order valence-corrected chi connectivity index (χ4v) is 1.69. The van der Waals surface area contributed by atoms with Crippen molar-refractivity contribution < 1.29 is 4.79 Å². The van der Waals surface area contributed by atoms with Crippen molar-refractivity contribution in [2.24, 2.45) is 0 Å². The van der Waals surface area contributed by atoms with Crippen LogP contribution in [0.15, 0.2) is 30.5 Å². The molecule has 0 aliphatic heterocycles. The lowest BCUT2D eigenvalue weighted by molar-refractivity contribution is 0.0957. The van der Waals surface area contributed by atoms with Crippen LogP contribution in [0.1, 0.15) is 16.1 Å². The average molecular weight is 230 g/mol. The molecule has 1 amide bonds. The van der Waals surface area contributed by atoms with E-state index >= 15 is 0 Å². The van der Waals surface area contributed by atoms with Gasteiger partial charge in [0, 0.05) is 13.2 Å². The number of nitrogen functional groups attached to an aromatic ring is 1. The fraction of sp³-hybridized carbons (Fsp3) is 0.167. The zero-order valence-corrected chi connectivity index (χ0v) is 9.77. The molecule has 1 aromatic carbocycles. The Balaban J connectivity index is 2.47. The first-order valence-corrected chi connectivity index (χ1v) is 5.26. The van der Waals surface area contributed by atoms with Gasteiger partial charge in [0.15, 0.2) is 5.69 Å². The molecule has 5 nitrogen and oxygen atoms in total. The first-order valence-electron chi connectivity index (χ1n) is 5.26. The van der Waals surface area contributed by atoms with E-state index in [-0.39, 0.29) is 5.91 Å². The number of amides is 1.